The van der Waals surface area contributed by atoms with Crippen molar-refractivity contribution in [1.29, 1.82) is 0 Å². The lowest BCUT2D eigenvalue weighted by Crippen LogP contribution is -2.36. The monoisotopic (exact) mass is 436 g/mol. The van der Waals surface area contributed by atoms with Crippen LogP contribution < -0.4 is 21.3 Å². The summed E-state index contributed by atoms with van der Waals surface area (Å²) in [6, 6.07) is 12.8. The van der Waals surface area contributed by atoms with Crippen molar-refractivity contribution < 1.29 is 14.4 Å². The van der Waals surface area contributed by atoms with E-state index in [0.29, 0.717) is 29.0 Å². The van der Waals surface area contributed by atoms with E-state index in [4.69, 9.17) is 0 Å². The lowest BCUT2D eigenvalue weighted by atomic mass is 9.95. The van der Waals surface area contributed by atoms with Gasteiger partial charge in [0.25, 0.3) is 5.91 Å². The largest absolute Gasteiger partial charge is 0.376 e. The van der Waals surface area contributed by atoms with Gasteiger partial charge in [0, 0.05) is 35.1 Å². The minimum atomic E-state index is -0.218. The standard InChI is InChI=1S/C25H32N4O3/c1-3-23(30)28-21-13-8-14-22(17(21)2)29-24(31)16-26-20-12-7-9-18(15-20)25(32)27-19-10-5-4-6-11-19/h7-9,12-15,19,26H,3-6,10-11,16H2,1-2H3,(H,27,32)(H,28,30)(H,29,31). The molecule has 1 aliphatic carbocycles. The van der Waals surface area contributed by atoms with E-state index in [1.807, 2.05) is 13.0 Å². The number of benzene rings is 2. The van der Waals surface area contributed by atoms with Gasteiger partial charge in [-0.25, -0.2) is 0 Å². The fourth-order valence-electron chi connectivity index (χ4n) is 3.81. The zero-order valence-corrected chi connectivity index (χ0v) is 18.8. The molecule has 32 heavy (non-hydrogen) atoms. The van der Waals surface area contributed by atoms with Crippen LogP contribution in [0.3, 0.4) is 0 Å². The number of nitrogens with one attached hydrogen (secondary N) is 4. The summed E-state index contributed by atoms with van der Waals surface area (Å²) in [6.07, 6.45) is 6.02. The predicted octanol–water partition coefficient (Wildman–Crippen LogP) is 4.46. The Labute approximate surface area is 189 Å². The van der Waals surface area contributed by atoms with Crippen LogP contribution in [0.2, 0.25) is 0 Å². The number of anilines is 3. The molecule has 0 heterocycles. The Balaban J connectivity index is 1.55. The Bertz CT molecular complexity index is 967. The van der Waals surface area contributed by atoms with Gasteiger partial charge in [-0.05, 0) is 55.7 Å². The number of amides is 3. The van der Waals surface area contributed by atoms with Gasteiger partial charge < -0.3 is 21.3 Å². The first kappa shape index (κ1) is 23.3. The molecular weight excluding hydrogens is 404 g/mol. The Morgan fingerprint density at radius 1 is 0.906 bits per heavy atom. The van der Waals surface area contributed by atoms with Crippen LogP contribution in [0.25, 0.3) is 0 Å². The van der Waals surface area contributed by atoms with Gasteiger partial charge in [0.15, 0.2) is 0 Å². The molecule has 0 aliphatic heterocycles. The fourth-order valence-corrected chi connectivity index (χ4v) is 3.81. The van der Waals surface area contributed by atoms with Crippen molar-refractivity contribution in [2.24, 2.45) is 0 Å². The van der Waals surface area contributed by atoms with Gasteiger partial charge in [0.05, 0.1) is 6.54 Å². The summed E-state index contributed by atoms with van der Waals surface area (Å²) in [5, 5.41) is 11.9. The topological polar surface area (TPSA) is 99.3 Å². The molecule has 3 rings (SSSR count). The highest BCUT2D eigenvalue weighted by Gasteiger charge is 2.17. The minimum absolute atomic E-state index is 0.0543. The third kappa shape index (κ3) is 6.57. The van der Waals surface area contributed by atoms with Crippen LogP contribution in [0.1, 0.15) is 61.4 Å². The van der Waals surface area contributed by atoms with E-state index >= 15 is 0 Å². The molecule has 0 radical (unpaired) electrons. The number of carbonyl (C=O) groups is 3. The van der Waals surface area contributed by atoms with E-state index in [1.165, 1.54) is 6.42 Å². The SMILES string of the molecule is CCC(=O)Nc1cccc(NC(=O)CNc2cccc(C(=O)NC3CCCCC3)c2)c1C. The first-order valence-electron chi connectivity index (χ1n) is 11.3. The van der Waals surface area contributed by atoms with Crippen molar-refractivity contribution in [2.45, 2.75) is 58.4 Å². The average molecular weight is 437 g/mol. The van der Waals surface area contributed by atoms with Gasteiger partial charge in [0.2, 0.25) is 11.8 Å². The molecule has 0 spiro atoms. The maximum absolute atomic E-state index is 12.6. The number of carbonyl (C=O) groups excluding carboxylic acids is 3. The summed E-state index contributed by atoms with van der Waals surface area (Å²) in [7, 11) is 0. The lowest BCUT2D eigenvalue weighted by molar-refractivity contribution is -0.116. The minimum Gasteiger partial charge on any atom is -0.376 e. The summed E-state index contributed by atoms with van der Waals surface area (Å²) in [5.41, 5.74) is 3.41. The zero-order chi connectivity index (χ0) is 22.9. The molecule has 170 valence electrons. The molecule has 1 aliphatic rings. The van der Waals surface area contributed by atoms with Crippen molar-refractivity contribution >= 4 is 34.8 Å². The molecule has 7 nitrogen and oxygen atoms in total. The Morgan fingerprint density at radius 2 is 1.56 bits per heavy atom. The van der Waals surface area contributed by atoms with Crippen LogP contribution in [0.4, 0.5) is 17.1 Å². The third-order valence-electron chi connectivity index (χ3n) is 5.72. The van der Waals surface area contributed by atoms with Crippen LogP contribution in [0, 0.1) is 6.92 Å². The molecule has 1 saturated carbocycles. The molecule has 4 N–H and O–H groups in total. The van der Waals surface area contributed by atoms with E-state index in [-0.39, 0.29) is 30.3 Å². The van der Waals surface area contributed by atoms with Gasteiger partial charge >= 0.3 is 0 Å². The molecule has 3 amide bonds. The molecule has 0 bridgehead atoms. The summed E-state index contributed by atoms with van der Waals surface area (Å²) in [4.78, 5) is 36.7. The maximum Gasteiger partial charge on any atom is 0.251 e. The van der Waals surface area contributed by atoms with Crippen LogP contribution in [-0.4, -0.2) is 30.3 Å². The van der Waals surface area contributed by atoms with Crippen molar-refractivity contribution in [3.63, 3.8) is 0 Å². The zero-order valence-electron chi connectivity index (χ0n) is 18.8. The average Bonchev–Trinajstić information content (AvgIpc) is 2.81. The van der Waals surface area contributed by atoms with Crippen LogP contribution in [0.5, 0.6) is 0 Å². The van der Waals surface area contributed by atoms with E-state index in [9.17, 15) is 14.4 Å². The van der Waals surface area contributed by atoms with Crippen LogP contribution in [0.15, 0.2) is 42.5 Å². The predicted molar refractivity (Wildman–Crippen MR) is 128 cm³/mol. The first-order valence-corrected chi connectivity index (χ1v) is 11.3. The highest BCUT2D eigenvalue weighted by atomic mass is 16.2. The van der Waals surface area contributed by atoms with E-state index in [1.54, 1.807) is 43.3 Å². The van der Waals surface area contributed by atoms with Crippen molar-refractivity contribution in [3.8, 4) is 0 Å². The highest BCUT2D eigenvalue weighted by Crippen LogP contribution is 2.23. The fraction of sp³-hybridized carbons (Fsp3) is 0.400. The quantitative estimate of drug-likeness (QED) is 0.491. The Morgan fingerprint density at radius 3 is 2.25 bits per heavy atom. The second-order valence-electron chi connectivity index (χ2n) is 8.17. The summed E-state index contributed by atoms with van der Waals surface area (Å²) in [5.74, 6) is -0.374. The Hall–Kier alpha value is -3.35. The van der Waals surface area contributed by atoms with Gasteiger partial charge in [-0.15, -0.1) is 0 Å². The number of hydrogen-bond acceptors (Lipinski definition) is 4. The molecule has 2 aromatic rings. The van der Waals surface area contributed by atoms with Gasteiger partial charge in [-0.1, -0.05) is 38.3 Å². The van der Waals surface area contributed by atoms with E-state index in [0.717, 1.165) is 31.2 Å². The van der Waals surface area contributed by atoms with Crippen molar-refractivity contribution in [1.82, 2.24) is 5.32 Å². The number of rotatable bonds is 8. The van der Waals surface area contributed by atoms with Gasteiger partial charge in [-0.2, -0.15) is 0 Å². The van der Waals surface area contributed by atoms with Gasteiger partial charge in [-0.3, -0.25) is 14.4 Å². The third-order valence-corrected chi connectivity index (χ3v) is 5.72. The second kappa shape index (κ2) is 11.3. The number of hydrogen-bond donors (Lipinski definition) is 4. The Kier molecular flexibility index (Phi) is 8.25. The summed E-state index contributed by atoms with van der Waals surface area (Å²) in [6.45, 7) is 3.69. The highest BCUT2D eigenvalue weighted by molar-refractivity contribution is 5.98. The molecule has 0 unspecified atom stereocenters. The normalized spacial score (nSPS) is 13.8. The summed E-state index contributed by atoms with van der Waals surface area (Å²) >= 11 is 0. The van der Waals surface area contributed by atoms with Crippen LogP contribution in [-0.2, 0) is 9.59 Å². The molecule has 7 heteroatoms. The van der Waals surface area contributed by atoms with Crippen molar-refractivity contribution in [2.75, 3.05) is 22.5 Å². The molecule has 2 aromatic carbocycles. The molecule has 0 saturated heterocycles. The molecule has 0 atom stereocenters. The first-order chi connectivity index (χ1) is 15.5. The molecule has 0 aromatic heterocycles. The van der Waals surface area contributed by atoms with Gasteiger partial charge in [0.1, 0.15) is 0 Å². The van der Waals surface area contributed by atoms with E-state index < -0.39 is 0 Å². The van der Waals surface area contributed by atoms with Crippen LogP contribution >= 0.6 is 0 Å². The molecular formula is C25H32N4O3. The summed E-state index contributed by atoms with van der Waals surface area (Å²) < 4.78 is 0. The maximum atomic E-state index is 12.6. The lowest BCUT2D eigenvalue weighted by Gasteiger charge is -2.22. The van der Waals surface area contributed by atoms with Crippen molar-refractivity contribution in [3.05, 3.63) is 53.6 Å². The smallest absolute Gasteiger partial charge is 0.251 e. The second-order valence-corrected chi connectivity index (χ2v) is 8.17. The molecule has 1 fully saturated rings. The van der Waals surface area contributed by atoms with E-state index in [2.05, 4.69) is 21.3 Å².